The number of thiazole rings is 1. The van der Waals surface area contributed by atoms with Crippen molar-refractivity contribution >= 4 is 52.1 Å². The molecule has 6 nitrogen and oxygen atoms in total. The summed E-state index contributed by atoms with van der Waals surface area (Å²) in [5.74, 6) is -2.36. The van der Waals surface area contributed by atoms with Crippen LogP contribution in [0, 0.1) is 11.3 Å². The number of anilines is 1. The van der Waals surface area contributed by atoms with Crippen LogP contribution in [0.4, 0.5) is 5.69 Å². The number of ether oxygens (including phenoxy) is 1. The second-order valence-electron chi connectivity index (χ2n) is 5.78. The van der Waals surface area contributed by atoms with E-state index >= 15 is 0 Å². The Bertz CT molecular complexity index is 1120. The van der Waals surface area contributed by atoms with E-state index < -0.39 is 17.8 Å². The van der Waals surface area contributed by atoms with Gasteiger partial charge in [-0.1, -0.05) is 35.3 Å². The maximum Gasteiger partial charge on any atom is 0.339 e. The van der Waals surface area contributed by atoms with E-state index in [4.69, 9.17) is 27.9 Å². The highest BCUT2D eigenvalue weighted by molar-refractivity contribution is 7.10. The molecule has 0 spiro atoms. The number of para-hydroxylation sites is 1. The van der Waals surface area contributed by atoms with Crippen LogP contribution in [0.2, 0.25) is 10.0 Å². The minimum Gasteiger partial charge on any atom is -0.465 e. The number of benzene rings is 2. The third-order valence-corrected chi connectivity index (χ3v) is 5.41. The van der Waals surface area contributed by atoms with Gasteiger partial charge in [-0.25, -0.2) is 9.78 Å². The van der Waals surface area contributed by atoms with Crippen LogP contribution >= 0.6 is 34.5 Å². The van der Waals surface area contributed by atoms with Crippen molar-refractivity contribution in [3.05, 3.63) is 68.5 Å². The molecule has 29 heavy (non-hydrogen) atoms. The molecule has 0 saturated heterocycles. The van der Waals surface area contributed by atoms with Crippen LogP contribution < -0.4 is 5.32 Å². The fourth-order valence-electron chi connectivity index (χ4n) is 2.55. The number of nitriles is 1. The Kier molecular flexibility index (Phi) is 6.49. The molecule has 0 aliphatic rings. The number of rotatable bonds is 5. The predicted octanol–water partition coefficient (Wildman–Crippen LogP) is 5.15. The van der Waals surface area contributed by atoms with Crippen LogP contribution in [0.1, 0.15) is 21.3 Å². The van der Waals surface area contributed by atoms with Crippen LogP contribution in [0.15, 0.2) is 47.8 Å². The molecule has 1 heterocycles. The van der Waals surface area contributed by atoms with Gasteiger partial charge in [-0.05, 0) is 30.3 Å². The standard InChI is InChI=1S/C20H13Cl2N3O3S/c1-28-20(27)13-4-2-3-5-16(13)24-18(26)14(9-23)19-25-17(10-29-19)12-7-6-11(21)8-15(12)22/h2-8,10,14H,1H3,(H,24,26). The van der Waals surface area contributed by atoms with Gasteiger partial charge in [-0.3, -0.25) is 4.79 Å². The summed E-state index contributed by atoms with van der Waals surface area (Å²) in [6, 6.07) is 13.3. The molecule has 1 N–H and O–H groups in total. The van der Waals surface area contributed by atoms with Gasteiger partial charge in [0, 0.05) is 16.0 Å². The number of nitrogens with one attached hydrogen (secondary N) is 1. The van der Waals surface area contributed by atoms with Crippen molar-refractivity contribution < 1.29 is 14.3 Å². The highest BCUT2D eigenvalue weighted by atomic mass is 35.5. The highest BCUT2D eigenvalue weighted by Gasteiger charge is 2.26. The van der Waals surface area contributed by atoms with Gasteiger partial charge in [0.15, 0.2) is 5.92 Å². The number of aromatic nitrogens is 1. The summed E-state index contributed by atoms with van der Waals surface area (Å²) in [6.07, 6.45) is 0. The first-order valence-corrected chi connectivity index (χ1v) is 9.86. The summed E-state index contributed by atoms with van der Waals surface area (Å²) in [6.45, 7) is 0. The van der Waals surface area contributed by atoms with Gasteiger partial charge in [0.25, 0.3) is 0 Å². The monoisotopic (exact) mass is 445 g/mol. The Morgan fingerprint density at radius 3 is 2.69 bits per heavy atom. The van der Waals surface area contributed by atoms with E-state index in [1.54, 1.807) is 41.8 Å². The van der Waals surface area contributed by atoms with Gasteiger partial charge in [-0.2, -0.15) is 5.26 Å². The molecule has 0 bridgehead atoms. The summed E-state index contributed by atoms with van der Waals surface area (Å²) >= 11 is 13.3. The van der Waals surface area contributed by atoms with Gasteiger partial charge >= 0.3 is 5.97 Å². The molecule has 1 unspecified atom stereocenters. The molecule has 0 aliphatic heterocycles. The van der Waals surface area contributed by atoms with Crippen molar-refractivity contribution in [1.29, 1.82) is 5.26 Å². The Morgan fingerprint density at radius 1 is 1.24 bits per heavy atom. The maximum atomic E-state index is 12.7. The molecule has 0 fully saturated rings. The molecule has 0 radical (unpaired) electrons. The number of carbonyl (C=O) groups is 2. The summed E-state index contributed by atoms with van der Waals surface area (Å²) < 4.78 is 4.71. The minimum absolute atomic E-state index is 0.188. The number of nitrogens with zero attached hydrogens (tertiary/aromatic N) is 2. The Labute approximate surface area is 180 Å². The summed E-state index contributed by atoms with van der Waals surface area (Å²) in [4.78, 5) is 29.0. The SMILES string of the molecule is COC(=O)c1ccccc1NC(=O)C(C#N)c1nc(-c2ccc(Cl)cc2Cl)cs1. The number of carbonyl (C=O) groups excluding carboxylic acids is 2. The number of hydrogen-bond donors (Lipinski definition) is 1. The highest BCUT2D eigenvalue weighted by Crippen LogP contribution is 2.33. The average Bonchev–Trinajstić information content (AvgIpc) is 3.17. The van der Waals surface area contributed by atoms with Crippen LogP contribution in [0.5, 0.6) is 0 Å². The number of methoxy groups -OCH3 is 1. The van der Waals surface area contributed by atoms with Gasteiger partial charge in [0.05, 0.1) is 35.1 Å². The quantitative estimate of drug-likeness (QED) is 0.548. The summed E-state index contributed by atoms with van der Waals surface area (Å²) in [7, 11) is 1.25. The average molecular weight is 446 g/mol. The normalized spacial score (nSPS) is 11.4. The van der Waals surface area contributed by atoms with Gasteiger partial charge < -0.3 is 10.1 Å². The first kappa shape index (κ1) is 20.8. The zero-order valence-electron chi connectivity index (χ0n) is 15.0. The topological polar surface area (TPSA) is 92.1 Å². The van der Waals surface area contributed by atoms with E-state index in [2.05, 4.69) is 10.3 Å². The molecule has 2 aromatic carbocycles. The molecular weight excluding hydrogens is 433 g/mol. The van der Waals surface area contributed by atoms with E-state index in [-0.39, 0.29) is 11.3 Å². The fourth-order valence-corrected chi connectivity index (χ4v) is 3.92. The van der Waals surface area contributed by atoms with Crippen molar-refractivity contribution in [2.45, 2.75) is 5.92 Å². The van der Waals surface area contributed by atoms with Crippen molar-refractivity contribution in [2.24, 2.45) is 0 Å². The summed E-state index contributed by atoms with van der Waals surface area (Å²) in [5.41, 5.74) is 1.62. The lowest BCUT2D eigenvalue weighted by atomic mass is 10.1. The van der Waals surface area contributed by atoms with Gasteiger partial charge in [0.2, 0.25) is 5.91 Å². The molecule has 1 aromatic heterocycles. The third-order valence-electron chi connectivity index (χ3n) is 3.96. The summed E-state index contributed by atoms with van der Waals surface area (Å²) in [5, 5.41) is 15.1. The second-order valence-corrected chi connectivity index (χ2v) is 7.52. The first-order chi connectivity index (χ1) is 13.9. The molecule has 3 aromatic rings. The molecule has 146 valence electrons. The Morgan fingerprint density at radius 2 is 2.00 bits per heavy atom. The number of halogens is 2. The molecule has 0 saturated carbocycles. The van der Waals surface area contributed by atoms with Crippen LogP contribution in [-0.4, -0.2) is 24.0 Å². The Balaban J connectivity index is 1.86. The molecular formula is C20H13Cl2N3O3S. The number of esters is 1. The minimum atomic E-state index is -1.16. The maximum absolute atomic E-state index is 12.7. The largest absolute Gasteiger partial charge is 0.465 e. The van der Waals surface area contributed by atoms with Crippen molar-refractivity contribution in [3.63, 3.8) is 0 Å². The van der Waals surface area contributed by atoms with Crippen molar-refractivity contribution in [1.82, 2.24) is 4.98 Å². The fraction of sp³-hybridized carbons (Fsp3) is 0.100. The lowest BCUT2D eigenvalue weighted by Crippen LogP contribution is -2.21. The molecule has 1 atom stereocenters. The molecule has 1 amide bonds. The second kappa shape index (κ2) is 9.05. The zero-order valence-corrected chi connectivity index (χ0v) is 17.3. The zero-order chi connectivity index (χ0) is 21.0. The first-order valence-electron chi connectivity index (χ1n) is 8.23. The van der Waals surface area contributed by atoms with E-state index in [0.717, 1.165) is 0 Å². The third kappa shape index (κ3) is 4.57. The molecule has 0 aliphatic carbocycles. The van der Waals surface area contributed by atoms with E-state index in [1.807, 2.05) is 6.07 Å². The smallest absolute Gasteiger partial charge is 0.339 e. The van der Waals surface area contributed by atoms with E-state index in [9.17, 15) is 14.9 Å². The molecule has 3 rings (SSSR count). The van der Waals surface area contributed by atoms with Gasteiger partial charge in [-0.15, -0.1) is 11.3 Å². The van der Waals surface area contributed by atoms with Crippen LogP contribution in [0.3, 0.4) is 0 Å². The van der Waals surface area contributed by atoms with Crippen molar-refractivity contribution in [3.8, 4) is 17.3 Å². The molecule has 9 heteroatoms. The van der Waals surface area contributed by atoms with E-state index in [0.29, 0.717) is 26.3 Å². The number of hydrogen-bond acceptors (Lipinski definition) is 6. The predicted molar refractivity (Wildman–Crippen MR) is 112 cm³/mol. The van der Waals surface area contributed by atoms with Gasteiger partial charge in [0.1, 0.15) is 5.01 Å². The van der Waals surface area contributed by atoms with Crippen LogP contribution in [0.25, 0.3) is 11.3 Å². The lowest BCUT2D eigenvalue weighted by Gasteiger charge is -2.11. The van der Waals surface area contributed by atoms with Crippen molar-refractivity contribution in [2.75, 3.05) is 12.4 Å². The van der Waals surface area contributed by atoms with E-state index in [1.165, 1.54) is 24.5 Å². The number of amides is 1. The Hall–Kier alpha value is -2.92. The lowest BCUT2D eigenvalue weighted by molar-refractivity contribution is -0.116. The van der Waals surface area contributed by atoms with Crippen LogP contribution in [-0.2, 0) is 9.53 Å².